The number of nitrogens with two attached hydrogens (primary N) is 2. The molecule has 0 fully saturated rings. The maximum absolute atomic E-state index is 6.19. The maximum Gasteiger partial charge on any atom is 0.147 e. The Bertz CT molecular complexity index is 382. The summed E-state index contributed by atoms with van der Waals surface area (Å²) in [5.74, 6) is 0. The first kappa shape index (κ1) is 18.3. The van der Waals surface area contributed by atoms with Crippen molar-refractivity contribution >= 4 is 8.07 Å². The fraction of sp³-hybridized carbons (Fsp3) is 0.625. The minimum absolute atomic E-state index is 0.113. The molecule has 0 spiro atoms. The van der Waals surface area contributed by atoms with Crippen molar-refractivity contribution in [2.24, 2.45) is 11.5 Å². The topological polar surface area (TPSA) is 70.5 Å². The van der Waals surface area contributed by atoms with Gasteiger partial charge in [0.2, 0.25) is 0 Å². The first-order valence-corrected chi connectivity index (χ1v) is 11.3. The van der Waals surface area contributed by atoms with E-state index in [1.54, 1.807) is 0 Å². The molecule has 120 valence electrons. The van der Waals surface area contributed by atoms with Crippen molar-refractivity contribution in [3.8, 4) is 0 Å². The molecule has 0 aliphatic rings. The summed E-state index contributed by atoms with van der Waals surface area (Å²) in [6, 6.07) is 11.2. The van der Waals surface area contributed by atoms with Crippen LogP contribution in [0.15, 0.2) is 30.3 Å². The number of benzene rings is 1. The summed E-state index contributed by atoms with van der Waals surface area (Å²) < 4.78 is 11.2. The SMILES string of the molecule is C[Si](C)(C)CCOCOC(CN)C(N)Cc1ccccc1. The van der Waals surface area contributed by atoms with Crippen LogP contribution in [0.2, 0.25) is 25.7 Å². The fourth-order valence-corrected chi connectivity index (χ4v) is 2.71. The van der Waals surface area contributed by atoms with Crippen LogP contribution in [0.5, 0.6) is 0 Å². The van der Waals surface area contributed by atoms with E-state index in [1.165, 1.54) is 5.56 Å². The van der Waals surface area contributed by atoms with Crippen molar-refractivity contribution in [3.05, 3.63) is 35.9 Å². The minimum Gasteiger partial charge on any atom is -0.356 e. The standard InChI is InChI=1S/C16H30N2O2Si/c1-21(2,3)10-9-19-13-20-16(12-17)15(18)11-14-7-5-4-6-8-14/h4-8,15-16H,9-13,17-18H2,1-3H3. The van der Waals surface area contributed by atoms with Gasteiger partial charge >= 0.3 is 0 Å². The van der Waals surface area contributed by atoms with Crippen molar-refractivity contribution in [3.63, 3.8) is 0 Å². The van der Waals surface area contributed by atoms with Crippen LogP contribution in [-0.2, 0) is 15.9 Å². The van der Waals surface area contributed by atoms with Gasteiger partial charge in [0.05, 0.1) is 6.10 Å². The van der Waals surface area contributed by atoms with Crippen LogP contribution in [0, 0.1) is 0 Å². The van der Waals surface area contributed by atoms with Gasteiger partial charge in [-0.1, -0.05) is 50.0 Å². The third kappa shape index (κ3) is 8.33. The van der Waals surface area contributed by atoms with Gasteiger partial charge < -0.3 is 20.9 Å². The van der Waals surface area contributed by atoms with Gasteiger partial charge in [0.15, 0.2) is 0 Å². The molecule has 0 saturated carbocycles. The molecule has 0 aliphatic heterocycles. The quantitative estimate of drug-likeness (QED) is 0.395. The van der Waals surface area contributed by atoms with E-state index in [0.717, 1.165) is 19.1 Å². The summed E-state index contributed by atoms with van der Waals surface area (Å²) in [5, 5.41) is 0. The van der Waals surface area contributed by atoms with Crippen molar-refractivity contribution in [2.45, 2.75) is 44.3 Å². The first-order chi connectivity index (χ1) is 9.92. The number of hydrogen-bond acceptors (Lipinski definition) is 4. The Balaban J connectivity index is 2.27. The zero-order valence-corrected chi connectivity index (χ0v) is 14.5. The lowest BCUT2D eigenvalue weighted by atomic mass is 10.0. The molecule has 0 amide bonds. The van der Waals surface area contributed by atoms with Gasteiger partial charge in [0, 0.05) is 27.3 Å². The van der Waals surface area contributed by atoms with Crippen LogP contribution in [0.4, 0.5) is 0 Å². The summed E-state index contributed by atoms with van der Waals surface area (Å²) in [5.41, 5.74) is 13.1. The van der Waals surface area contributed by atoms with Crippen LogP contribution in [0.3, 0.4) is 0 Å². The Morgan fingerprint density at radius 1 is 1.14 bits per heavy atom. The van der Waals surface area contributed by atoms with Gasteiger partial charge in [-0.2, -0.15) is 0 Å². The highest BCUT2D eigenvalue weighted by atomic mass is 28.3. The Morgan fingerprint density at radius 2 is 1.81 bits per heavy atom. The van der Waals surface area contributed by atoms with E-state index in [4.69, 9.17) is 20.9 Å². The van der Waals surface area contributed by atoms with Crippen LogP contribution < -0.4 is 11.5 Å². The van der Waals surface area contributed by atoms with Crippen LogP contribution >= 0.6 is 0 Å². The molecular formula is C16H30N2O2Si. The van der Waals surface area contributed by atoms with Gasteiger partial charge in [-0.05, 0) is 18.0 Å². The Hall–Kier alpha value is -0.723. The fourth-order valence-electron chi connectivity index (χ4n) is 1.96. The second-order valence-electron chi connectivity index (χ2n) is 6.63. The smallest absolute Gasteiger partial charge is 0.147 e. The van der Waals surface area contributed by atoms with E-state index in [0.29, 0.717) is 6.54 Å². The first-order valence-electron chi connectivity index (χ1n) is 7.61. The van der Waals surface area contributed by atoms with Gasteiger partial charge in [-0.3, -0.25) is 0 Å². The van der Waals surface area contributed by atoms with E-state index in [1.807, 2.05) is 18.2 Å². The van der Waals surface area contributed by atoms with Crippen LogP contribution in [-0.4, -0.2) is 40.2 Å². The summed E-state index contributed by atoms with van der Waals surface area (Å²) in [4.78, 5) is 0. The highest BCUT2D eigenvalue weighted by molar-refractivity contribution is 6.76. The van der Waals surface area contributed by atoms with Crippen molar-refractivity contribution in [1.29, 1.82) is 0 Å². The number of ether oxygens (including phenoxy) is 2. The lowest BCUT2D eigenvalue weighted by Gasteiger charge is -2.23. The molecule has 5 heteroatoms. The molecule has 2 unspecified atom stereocenters. The molecule has 0 bridgehead atoms. The van der Waals surface area contributed by atoms with E-state index in [9.17, 15) is 0 Å². The van der Waals surface area contributed by atoms with E-state index in [-0.39, 0.29) is 18.9 Å². The van der Waals surface area contributed by atoms with Crippen LogP contribution in [0.25, 0.3) is 0 Å². The highest BCUT2D eigenvalue weighted by Crippen LogP contribution is 2.09. The molecule has 0 heterocycles. The normalized spacial score (nSPS) is 14.9. The molecule has 1 aromatic rings. The average molecular weight is 311 g/mol. The number of hydrogen-bond donors (Lipinski definition) is 2. The Morgan fingerprint density at radius 3 is 2.38 bits per heavy atom. The maximum atomic E-state index is 6.19. The lowest BCUT2D eigenvalue weighted by Crippen LogP contribution is -2.43. The molecule has 21 heavy (non-hydrogen) atoms. The molecule has 4 N–H and O–H groups in total. The molecular weight excluding hydrogens is 280 g/mol. The third-order valence-electron chi connectivity index (χ3n) is 3.39. The average Bonchev–Trinajstić information content (AvgIpc) is 2.42. The van der Waals surface area contributed by atoms with Gasteiger partial charge in [-0.15, -0.1) is 0 Å². The monoisotopic (exact) mass is 310 g/mol. The largest absolute Gasteiger partial charge is 0.356 e. The van der Waals surface area contributed by atoms with Crippen molar-refractivity contribution in [1.82, 2.24) is 0 Å². The molecule has 1 aromatic carbocycles. The molecule has 4 nitrogen and oxygen atoms in total. The molecule has 1 rings (SSSR count). The molecule has 0 saturated heterocycles. The summed E-state index contributed by atoms with van der Waals surface area (Å²) in [6.45, 7) is 8.42. The predicted octanol–water partition coefficient (Wildman–Crippen LogP) is 2.21. The van der Waals surface area contributed by atoms with E-state index >= 15 is 0 Å². The molecule has 0 radical (unpaired) electrons. The Labute approximate surface area is 129 Å². The number of rotatable bonds is 10. The van der Waals surface area contributed by atoms with E-state index < -0.39 is 8.07 Å². The van der Waals surface area contributed by atoms with Gasteiger partial charge in [0.25, 0.3) is 0 Å². The molecule has 0 aliphatic carbocycles. The second kappa shape index (κ2) is 9.33. The van der Waals surface area contributed by atoms with Gasteiger partial charge in [0.1, 0.15) is 6.79 Å². The third-order valence-corrected chi connectivity index (χ3v) is 5.09. The Kier molecular flexibility index (Phi) is 8.14. The predicted molar refractivity (Wildman–Crippen MR) is 91.0 cm³/mol. The zero-order valence-electron chi connectivity index (χ0n) is 13.5. The summed E-state index contributed by atoms with van der Waals surface area (Å²) in [7, 11) is -1.05. The zero-order chi connectivity index (χ0) is 15.7. The lowest BCUT2D eigenvalue weighted by molar-refractivity contribution is -0.0897. The van der Waals surface area contributed by atoms with Gasteiger partial charge in [-0.25, -0.2) is 0 Å². The summed E-state index contributed by atoms with van der Waals surface area (Å²) in [6.07, 6.45) is 0.592. The summed E-state index contributed by atoms with van der Waals surface area (Å²) >= 11 is 0. The minimum atomic E-state index is -1.05. The van der Waals surface area contributed by atoms with Crippen LogP contribution in [0.1, 0.15) is 5.56 Å². The van der Waals surface area contributed by atoms with E-state index in [2.05, 4.69) is 31.8 Å². The highest BCUT2D eigenvalue weighted by Gasteiger charge is 2.18. The molecule has 2 atom stereocenters. The van der Waals surface area contributed by atoms with Crippen molar-refractivity contribution < 1.29 is 9.47 Å². The second-order valence-corrected chi connectivity index (χ2v) is 12.3. The van der Waals surface area contributed by atoms with Crippen molar-refractivity contribution in [2.75, 3.05) is 19.9 Å². The molecule has 0 aromatic heterocycles.